The second-order valence-electron chi connectivity index (χ2n) is 7.56. The number of benzene rings is 2. The van der Waals surface area contributed by atoms with Gasteiger partial charge in [-0.25, -0.2) is 18.4 Å². The predicted molar refractivity (Wildman–Crippen MR) is 124 cm³/mol. The Morgan fingerprint density at radius 2 is 1.90 bits per heavy atom. The lowest BCUT2D eigenvalue weighted by Crippen LogP contribution is -2.41. The quantitative estimate of drug-likeness (QED) is 0.479. The number of carbonyl (C=O) groups excluding carboxylic acids is 1. The van der Waals surface area contributed by atoms with Crippen LogP contribution in [0.3, 0.4) is 0 Å². The molecule has 0 atom stereocenters. The number of sulfonamides is 1. The molecule has 1 aliphatic rings. The number of nitrogens with zero attached hydrogens (tertiary/aromatic N) is 3. The van der Waals surface area contributed by atoms with Gasteiger partial charge in [-0.05, 0) is 56.2 Å². The molecule has 0 saturated carbocycles. The topological polar surface area (TPSA) is 92.3 Å². The zero-order valence-corrected chi connectivity index (χ0v) is 19.2. The van der Waals surface area contributed by atoms with E-state index in [0.717, 1.165) is 25.4 Å². The summed E-state index contributed by atoms with van der Waals surface area (Å²) in [6.45, 7) is 2.56. The van der Waals surface area contributed by atoms with Crippen LogP contribution in [0.5, 0.6) is 0 Å². The first kappa shape index (κ1) is 20.5. The number of fused-ring (bicyclic) bond motifs is 2. The fraction of sp³-hybridized carbons (Fsp3) is 0.286. The largest absolute Gasteiger partial charge is 0.326 e. The van der Waals surface area contributed by atoms with E-state index in [9.17, 15) is 13.2 Å². The highest BCUT2D eigenvalue weighted by atomic mass is 32.2. The van der Waals surface area contributed by atoms with Crippen LogP contribution in [0.25, 0.3) is 20.4 Å². The highest BCUT2D eigenvalue weighted by Crippen LogP contribution is 2.29. The third kappa shape index (κ3) is 3.96. The predicted octanol–water partition coefficient (Wildman–Crippen LogP) is 4.25. The van der Waals surface area contributed by atoms with Crippen molar-refractivity contribution in [1.29, 1.82) is 0 Å². The zero-order chi connectivity index (χ0) is 21.6. The number of aromatic nitrogens is 2. The molecule has 0 bridgehead atoms. The molecule has 5 rings (SSSR count). The molecule has 1 aliphatic heterocycles. The molecule has 4 aromatic rings. The zero-order valence-electron chi connectivity index (χ0n) is 16.7. The summed E-state index contributed by atoms with van der Waals surface area (Å²) in [7, 11) is -3.60. The minimum absolute atomic E-state index is 0.0758. The smallest absolute Gasteiger partial charge is 0.243 e. The lowest BCUT2D eigenvalue weighted by atomic mass is 9.97. The summed E-state index contributed by atoms with van der Waals surface area (Å²) in [6, 6.07) is 10.7. The maximum atomic E-state index is 13.1. The molecule has 10 heteroatoms. The Balaban J connectivity index is 1.25. The van der Waals surface area contributed by atoms with E-state index in [1.54, 1.807) is 35.0 Å². The normalized spacial score (nSPS) is 16.2. The van der Waals surface area contributed by atoms with Gasteiger partial charge in [-0.15, -0.1) is 22.7 Å². The lowest BCUT2D eigenvalue weighted by Gasteiger charge is -2.30. The standard InChI is InChI=1S/C21H20N4O3S3/c1-13-23-17-4-3-16(11-20(17)30-13)31(27,28)25-8-6-14(7-9-25)21(26)24-15-2-5-19-18(10-15)22-12-29-19/h2-5,10-12,14H,6-9H2,1H3,(H,24,26). The van der Waals surface area contributed by atoms with Crippen molar-refractivity contribution in [2.24, 2.45) is 5.92 Å². The van der Waals surface area contributed by atoms with E-state index in [2.05, 4.69) is 15.3 Å². The fourth-order valence-corrected chi connectivity index (χ4v) is 6.96. The average Bonchev–Trinajstić information content (AvgIpc) is 3.38. The van der Waals surface area contributed by atoms with Crippen molar-refractivity contribution in [3.8, 4) is 0 Å². The number of thiazole rings is 2. The highest BCUT2D eigenvalue weighted by molar-refractivity contribution is 7.89. The van der Waals surface area contributed by atoms with Gasteiger partial charge in [0.1, 0.15) is 0 Å². The number of rotatable bonds is 4. The van der Waals surface area contributed by atoms with Crippen LogP contribution >= 0.6 is 22.7 Å². The molecule has 1 amide bonds. The van der Waals surface area contributed by atoms with Crippen molar-refractivity contribution in [3.63, 3.8) is 0 Å². The Kier molecular flexibility index (Phi) is 5.25. The van der Waals surface area contributed by atoms with Crippen LogP contribution < -0.4 is 5.32 Å². The summed E-state index contributed by atoms with van der Waals surface area (Å²) < 4.78 is 29.6. The minimum Gasteiger partial charge on any atom is -0.326 e. The van der Waals surface area contributed by atoms with Crippen molar-refractivity contribution in [2.75, 3.05) is 18.4 Å². The van der Waals surface area contributed by atoms with E-state index in [1.165, 1.54) is 15.6 Å². The van der Waals surface area contributed by atoms with Gasteiger partial charge in [0.05, 0.1) is 35.8 Å². The minimum atomic E-state index is -3.60. The maximum Gasteiger partial charge on any atom is 0.243 e. The third-order valence-corrected chi connectivity index (χ3v) is 9.17. The number of amides is 1. The molecule has 2 aromatic heterocycles. The molecule has 0 unspecified atom stereocenters. The van der Waals surface area contributed by atoms with E-state index in [0.29, 0.717) is 31.6 Å². The number of hydrogen-bond donors (Lipinski definition) is 1. The van der Waals surface area contributed by atoms with Gasteiger partial charge < -0.3 is 5.32 Å². The molecule has 160 valence electrons. The molecule has 1 fully saturated rings. The van der Waals surface area contributed by atoms with Gasteiger partial charge in [-0.1, -0.05) is 0 Å². The van der Waals surface area contributed by atoms with Gasteiger partial charge in [-0.2, -0.15) is 4.31 Å². The van der Waals surface area contributed by atoms with Gasteiger partial charge in [0, 0.05) is 24.7 Å². The van der Waals surface area contributed by atoms with E-state index in [-0.39, 0.29) is 16.7 Å². The Morgan fingerprint density at radius 1 is 1.10 bits per heavy atom. The molecule has 0 aliphatic carbocycles. The van der Waals surface area contributed by atoms with Crippen LogP contribution in [0.2, 0.25) is 0 Å². The second-order valence-corrected chi connectivity index (χ2v) is 11.6. The summed E-state index contributed by atoms with van der Waals surface area (Å²) in [4.78, 5) is 21.7. The molecular weight excluding hydrogens is 452 g/mol. The van der Waals surface area contributed by atoms with Crippen molar-refractivity contribution < 1.29 is 13.2 Å². The van der Waals surface area contributed by atoms with Gasteiger partial charge in [0.2, 0.25) is 15.9 Å². The summed E-state index contributed by atoms with van der Waals surface area (Å²) >= 11 is 3.04. The molecule has 1 saturated heterocycles. The second kappa shape index (κ2) is 7.94. The molecule has 1 N–H and O–H groups in total. The Bertz CT molecular complexity index is 1390. The third-order valence-electron chi connectivity index (χ3n) is 5.53. The van der Waals surface area contributed by atoms with Crippen LogP contribution in [-0.4, -0.2) is 41.7 Å². The van der Waals surface area contributed by atoms with Gasteiger partial charge in [-0.3, -0.25) is 4.79 Å². The van der Waals surface area contributed by atoms with Crippen LogP contribution in [0.4, 0.5) is 5.69 Å². The Hall–Kier alpha value is -2.40. The van der Waals surface area contributed by atoms with E-state index in [1.807, 2.05) is 25.1 Å². The number of hydrogen-bond acceptors (Lipinski definition) is 7. The highest BCUT2D eigenvalue weighted by Gasteiger charge is 2.32. The van der Waals surface area contributed by atoms with Crippen LogP contribution in [-0.2, 0) is 14.8 Å². The molecule has 0 spiro atoms. The fourth-order valence-electron chi connectivity index (χ4n) is 3.87. The molecular formula is C21H20N4O3S3. The molecule has 3 heterocycles. The molecule has 2 aromatic carbocycles. The van der Waals surface area contributed by atoms with Crippen molar-refractivity contribution in [3.05, 3.63) is 46.9 Å². The molecule has 0 radical (unpaired) electrons. The Morgan fingerprint density at radius 3 is 2.71 bits per heavy atom. The lowest BCUT2D eigenvalue weighted by molar-refractivity contribution is -0.120. The summed E-state index contributed by atoms with van der Waals surface area (Å²) in [5.41, 5.74) is 4.16. The van der Waals surface area contributed by atoms with Gasteiger partial charge in [0.25, 0.3) is 0 Å². The number of aryl methyl sites for hydroxylation is 1. The summed E-state index contributed by atoms with van der Waals surface area (Å²) in [6.07, 6.45) is 0.984. The SMILES string of the molecule is Cc1nc2ccc(S(=O)(=O)N3CCC(C(=O)Nc4ccc5scnc5c4)CC3)cc2s1. The number of carbonyl (C=O) groups is 1. The summed E-state index contributed by atoms with van der Waals surface area (Å²) in [5, 5.41) is 3.86. The van der Waals surface area contributed by atoms with Crippen molar-refractivity contribution >= 4 is 64.7 Å². The summed E-state index contributed by atoms with van der Waals surface area (Å²) in [5.74, 6) is -0.294. The van der Waals surface area contributed by atoms with Crippen LogP contribution in [0.15, 0.2) is 46.8 Å². The molecule has 7 nitrogen and oxygen atoms in total. The maximum absolute atomic E-state index is 13.1. The monoisotopic (exact) mass is 472 g/mol. The van der Waals surface area contributed by atoms with Crippen LogP contribution in [0, 0.1) is 12.8 Å². The van der Waals surface area contributed by atoms with E-state index < -0.39 is 10.0 Å². The van der Waals surface area contributed by atoms with Gasteiger partial charge >= 0.3 is 0 Å². The van der Waals surface area contributed by atoms with Crippen molar-refractivity contribution in [2.45, 2.75) is 24.7 Å². The Labute approximate surface area is 187 Å². The van der Waals surface area contributed by atoms with E-state index in [4.69, 9.17) is 0 Å². The first-order chi connectivity index (χ1) is 14.9. The number of nitrogens with one attached hydrogen (secondary N) is 1. The number of anilines is 1. The van der Waals surface area contributed by atoms with E-state index >= 15 is 0 Å². The first-order valence-corrected chi connectivity index (χ1v) is 13.1. The average molecular weight is 473 g/mol. The number of piperidine rings is 1. The van der Waals surface area contributed by atoms with Gasteiger partial charge in [0.15, 0.2) is 0 Å². The first-order valence-electron chi connectivity index (χ1n) is 9.91. The van der Waals surface area contributed by atoms with Crippen molar-refractivity contribution in [1.82, 2.24) is 14.3 Å². The van der Waals surface area contributed by atoms with Crippen LogP contribution in [0.1, 0.15) is 17.8 Å². The molecule has 31 heavy (non-hydrogen) atoms.